The molecule has 3 unspecified atom stereocenters. The SMILES string of the molecule is CN(C)C(=O)C1(C)CC2CCC1O2. The quantitative estimate of drug-likeness (QED) is 0.607. The fraction of sp³-hybridized carbons (Fsp3) is 0.900. The molecule has 0 aromatic heterocycles. The summed E-state index contributed by atoms with van der Waals surface area (Å²) in [5.74, 6) is 0.222. The minimum absolute atomic E-state index is 0.174. The largest absolute Gasteiger partial charge is 0.374 e. The molecule has 2 fully saturated rings. The van der Waals surface area contributed by atoms with Crippen molar-refractivity contribution in [2.24, 2.45) is 5.41 Å². The van der Waals surface area contributed by atoms with Crippen LogP contribution in [0, 0.1) is 5.41 Å². The van der Waals surface area contributed by atoms with Gasteiger partial charge < -0.3 is 9.64 Å². The first-order valence-electron chi connectivity index (χ1n) is 4.91. The molecule has 0 radical (unpaired) electrons. The molecule has 1 amide bonds. The third kappa shape index (κ3) is 1.17. The average molecular weight is 183 g/mol. The molecule has 2 rings (SSSR count). The number of carbonyl (C=O) groups excluding carboxylic acids is 1. The number of amides is 1. The third-order valence-electron chi connectivity index (χ3n) is 3.36. The Hall–Kier alpha value is -0.570. The zero-order valence-corrected chi connectivity index (χ0v) is 8.54. The predicted octanol–water partition coefficient (Wildman–Crippen LogP) is 1.03. The van der Waals surface area contributed by atoms with Crippen LogP contribution < -0.4 is 0 Å². The van der Waals surface area contributed by atoms with Gasteiger partial charge in [0.1, 0.15) is 0 Å². The van der Waals surface area contributed by atoms with E-state index in [4.69, 9.17) is 4.74 Å². The van der Waals surface area contributed by atoms with Gasteiger partial charge in [0, 0.05) is 14.1 Å². The van der Waals surface area contributed by atoms with Gasteiger partial charge in [-0.3, -0.25) is 4.79 Å². The number of ether oxygens (including phenoxy) is 1. The molecular formula is C10H17NO2. The summed E-state index contributed by atoms with van der Waals surface area (Å²) in [6.45, 7) is 2.04. The first-order chi connectivity index (χ1) is 6.04. The minimum Gasteiger partial charge on any atom is -0.374 e. The van der Waals surface area contributed by atoms with Gasteiger partial charge in [0.25, 0.3) is 0 Å². The highest BCUT2D eigenvalue weighted by Gasteiger charge is 2.54. The van der Waals surface area contributed by atoms with Crippen LogP contribution in [0.25, 0.3) is 0 Å². The molecule has 3 atom stereocenters. The second kappa shape index (κ2) is 2.71. The normalized spacial score (nSPS) is 42.4. The van der Waals surface area contributed by atoms with Crippen molar-refractivity contribution in [2.45, 2.75) is 38.4 Å². The Morgan fingerprint density at radius 3 is 2.54 bits per heavy atom. The highest BCUT2D eigenvalue weighted by Crippen LogP contribution is 2.48. The molecule has 74 valence electrons. The van der Waals surface area contributed by atoms with Gasteiger partial charge >= 0.3 is 0 Å². The number of hydrogen-bond acceptors (Lipinski definition) is 2. The Morgan fingerprint density at radius 2 is 2.15 bits per heavy atom. The van der Waals surface area contributed by atoms with Gasteiger partial charge in [-0.1, -0.05) is 0 Å². The average Bonchev–Trinajstić information content (AvgIpc) is 2.62. The summed E-state index contributed by atoms with van der Waals surface area (Å²) in [4.78, 5) is 13.6. The Bertz CT molecular complexity index is 239. The van der Waals surface area contributed by atoms with Gasteiger partial charge in [-0.15, -0.1) is 0 Å². The molecule has 3 heteroatoms. The lowest BCUT2D eigenvalue weighted by molar-refractivity contribution is -0.141. The molecule has 0 aliphatic carbocycles. The van der Waals surface area contributed by atoms with Crippen molar-refractivity contribution in [1.29, 1.82) is 0 Å². The summed E-state index contributed by atoms with van der Waals surface area (Å²) in [7, 11) is 3.64. The van der Waals surface area contributed by atoms with E-state index in [1.54, 1.807) is 4.90 Å². The van der Waals surface area contributed by atoms with E-state index in [2.05, 4.69) is 0 Å². The van der Waals surface area contributed by atoms with Crippen molar-refractivity contribution in [3.8, 4) is 0 Å². The third-order valence-corrected chi connectivity index (χ3v) is 3.36. The molecule has 0 saturated carbocycles. The van der Waals surface area contributed by atoms with E-state index in [9.17, 15) is 4.79 Å². The fourth-order valence-corrected chi connectivity index (χ4v) is 2.66. The zero-order valence-electron chi connectivity index (χ0n) is 8.54. The Balaban J connectivity index is 2.18. The van der Waals surface area contributed by atoms with E-state index in [0.29, 0.717) is 6.10 Å². The van der Waals surface area contributed by atoms with E-state index >= 15 is 0 Å². The van der Waals surface area contributed by atoms with Crippen molar-refractivity contribution in [3.63, 3.8) is 0 Å². The molecule has 13 heavy (non-hydrogen) atoms. The molecule has 2 saturated heterocycles. The summed E-state index contributed by atoms with van der Waals surface area (Å²) >= 11 is 0. The molecule has 0 N–H and O–H groups in total. The second-order valence-electron chi connectivity index (χ2n) is 4.65. The first kappa shape index (κ1) is 9.00. The molecule has 0 aromatic carbocycles. The lowest BCUT2D eigenvalue weighted by Crippen LogP contribution is -2.44. The summed E-state index contributed by atoms with van der Waals surface area (Å²) < 4.78 is 5.71. The van der Waals surface area contributed by atoms with Crippen molar-refractivity contribution in [3.05, 3.63) is 0 Å². The number of hydrogen-bond donors (Lipinski definition) is 0. The predicted molar refractivity (Wildman–Crippen MR) is 49.3 cm³/mol. The van der Waals surface area contributed by atoms with Crippen LogP contribution in [-0.2, 0) is 9.53 Å². The zero-order chi connectivity index (χ0) is 9.64. The van der Waals surface area contributed by atoms with Gasteiger partial charge in [0.2, 0.25) is 5.91 Å². The van der Waals surface area contributed by atoms with Gasteiger partial charge in [0.05, 0.1) is 17.6 Å². The van der Waals surface area contributed by atoms with Crippen LogP contribution >= 0.6 is 0 Å². The maximum atomic E-state index is 11.9. The fourth-order valence-electron chi connectivity index (χ4n) is 2.66. The highest BCUT2D eigenvalue weighted by atomic mass is 16.5. The van der Waals surface area contributed by atoms with Crippen molar-refractivity contribution in [1.82, 2.24) is 4.90 Å². The molecule has 2 bridgehead atoms. The Morgan fingerprint density at radius 1 is 1.46 bits per heavy atom. The Kier molecular flexibility index (Phi) is 1.88. The van der Waals surface area contributed by atoms with Crippen LogP contribution in [0.4, 0.5) is 0 Å². The summed E-state index contributed by atoms with van der Waals surface area (Å²) in [6.07, 6.45) is 3.63. The van der Waals surface area contributed by atoms with Crippen molar-refractivity contribution >= 4 is 5.91 Å². The molecule has 0 aromatic rings. The number of fused-ring (bicyclic) bond motifs is 2. The van der Waals surface area contributed by atoms with Crippen LogP contribution in [0.5, 0.6) is 0 Å². The first-order valence-corrected chi connectivity index (χ1v) is 4.91. The maximum Gasteiger partial charge on any atom is 0.230 e. The lowest BCUT2D eigenvalue weighted by Gasteiger charge is -2.32. The van der Waals surface area contributed by atoms with Gasteiger partial charge in [0.15, 0.2) is 0 Å². The molecule has 2 heterocycles. The van der Waals surface area contributed by atoms with Crippen molar-refractivity contribution in [2.75, 3.05) is 14.1 Å². The van der Waals surface area contributed by atoms with Crippen LogP contribution in [0.2, 0.25) is 0 Å². The summed E-state index contributed by atoms with van der Waals surface area (Å²) in [5, 5.41) is 0. The lowest BCUT2D eigenvalue weighted by atomic mass is 9.74. The van der Waals surface area contributed by atoms with Crippen molar-refractivity contribution < 1.29 is 9.53 Å². The van der Waals surface area contributed by atoms with Gasteiger partial charge in [-0.25, -0.2) is 0 Å². The maximum absolute atomic E-state index is 11.9. The molecule has 3 nitrogen and oxygen atoms in total. The minimum atomic E-state index is -0.244. The van der Waals surface area contributed by atoms with Crippen LogP contribution in [0.3, 0.4) is 0 Å². The van der Waals surface area contributed by atoms with Gasteiger partial charge in [-0.05, 0) is 26.2 Å². The van der Waals surface area contributed by atoms with E-state index < -0.39 is 0 Å². The second-order valence-corrected chi connectivity index (χ2v) is 4.65. The summed E-state index contributed by atoms with van der Waals surface area (Å²) in [5.41, 5.74) is -0.244. The van der Waals surface area contributed by atoms with Crippen LogP contribution in [0.15, 0.2) is 0 Å². The van der Waals surface area contributed by atoms with E-state index in [-0.39, 0.29) is 17.4 Å². The molecule has 2 aliphatic rings. The molecular weight excluding hydrogens is 166 g/mol. The van der Waals surface area contributed by atoms with Crippen LogP contribution in [0.1, 0.15) is 26.2 Å². The molecule has 0 spiro atoms. The van der Waals surface area contributed by atoms with Crippen LogP contribution in [-0.4, -0.2) is 37.1 Å². The number of carbonyl (C=O) groups is 1. The molecule has 2 aliphatic heterocycles. The topological polar surface area (TPSA) is 29.5 Å². The summed E-state index contributed by atoms with van der Waals surface area (Å²) in [6, 6.07) is 0. The van der Waals surface area contributed by atoms with Gasteiger partial charge in [-0.2, -0.15) is 0 Å². The smallest absolute Gasteiger partial charge is 0.230 e. The van der Waals surface area contributed by atoms with E-state index in [1.165, 1.54) is 0 Å². The van der Waals surface area contributed by atoms with E-state index in [0.717, 1.165) is 19.3 Å². The highest BCUT2D eigenvalue weighted by molar-refractivity contribution is 5.83. The number of nitrogens with zero attached hydrogens (tertiary/aromatic N) is 1. The van der Waals surface area contributed by atoms with E-state index in [1.807, 2.05) is 21.0 Å². The monoisotopic (exact) mass is 183 g/mol. The Labute approximate surface area is 79.0 Å². The standard InChI is InChI=1S/C10H17NO2/c1-10(9(12)11(2)3)6-7-4-5-8(10)13-7/h7-8H,4-6H2,1-3H3. The number of rotatable bonds is 1.